The van der Waals surface area contributed by atoms with Crippen LogP contribution in [0.4, 0.5) is 0 Å². The number of aryl methyl sites for hydroxylation is 1. The van der Waals surface area contributed by atoms with Gasteiger partial charge in [0.15, 0.2) is 5.96 Å². The maximum atomic E-state index is 4.56. The first kappa shape index (κ1) is 14.1. The van der Waals surface area contributed by atoms with E-state index in [9.17, 15) is 0 Å². The van der Waals surface area contributed by atoms with E-state index in [0.29, 0.717) is 6.54 Å². The van der Waals surface area contributed by atoms with Crippen LogP contribution >= 0.6 is 24.0 Å². The molecule has 0 saturated heterocycles. The summed E-state index contributed by atoms with van der Waals surface area (Å²) < 4.78 is 2.06. The Morgan fingerprint density at radius 2 is 2.26 bits per heavy atom. The van der Waals surface area contributed by atoms with Crippen molar-refractivity contribution in [3.05, 3.63) is 35.8 Å². The van der Waals surface area contributed by atoms with Gasteiger partial charge in [-0.25, -0.2) is 4.98 Å². The third-order valence-corrected chi connectivity index (χ3v) is 2.98. The summed E-state index contributed by atoms with van der Waals surface area (Å²) in [7, 11) is 0. The highest BCUT2D eigenvalue weighted by atomic mass is 127. The largest absolute Gasteiger partial charge is 0.356 e. The third-order valence-electron chi connectivity index (χ3n) is 2.98. The number of hydrogen-bond acceptors (Lipinski definition) is 4. The molecule has 0 bridgehead atoms. The van der Waals surface area contributed by atoms with Crippen molar-refractivity contribution >= 4 is 35.6 Å². The first-order valence-electron chi connectivity index (χ1n) is 6.28. The van der Waals surface area contributed by atoms with E-state index in [2.05, 4.69) is 50.4 Å². The molecule has 2 N–H and O–H groups in total. The predicted octanol–water partition coefficient (Wildman–Crippen LogP) is 1.70. The lowest BCUT2D eigenvalue weighted by Gasteiger charge is -2.15. The highest BCUT2D eigenvalue weighted by molar-refractivity contribution is 14.0. The van der Waals surface area contributed by atoms with Crippen LogP contribution < -0.4 is 10.6 Å². The number of guanidine groups is 1. The lowest BCUT2D eigenvalue weighted by molar-refractivity contribution is 0.699. The maximum absolute atomic E-state index is 4.56. The number of pyridine rings is 1. The van der Waals surface area contributed by atoms with Gasteiger partial charge in [0.2, 0.25) is 0 Å². The highest BCUT2D eigenvalue weighted by Gasteiger charge is 2.05. The minimum absolute atomic E-state index is 0. The van der Waals surface area contributed by atoms with Crippen LogP contribution in [-0.4, -0.2) is 28.4 Å². The Hall–Kier alpha value is -1.31. The fraction of sp³-hybridized carbons (Fsp3) is 0.385. The zero-order valence-corrected chi connectivity index (χ0v) is 13.2. The number of fused-ring (bicyclic) bond motifs is 1. The molecule has 0 fully saturated rings. The molecule has 1 aliphatic rings. The number of hydrogen-bond donors (Lipinski definition) is 2. The standard InChI is InChI=1S/C13H17N5.HI/c1-10-3-4-12-17-11(9-18(12)8-10)7-16-13-14-5-2-6-15-13;/h3-4,8-9H,2,5-7H2,1H3,(H2,14,15,16);1H. The molecule has 0 unspecified atom stereocenters. The number of nitrogens with zero attached hydrogens (tertiary/aromatic N) is 3. The highest BCUT2D eigenvalue weighted by Crippen LogP contribution is 2.07. The van der Waals surface area contributed by atoms with Crippen molar-refractivity contribution in [3.8, 4) is 0 Å². The van der Waals surface area contributed by atoms with Crippen molar-refractivity contribution in [2.24, 2.45) is 4.99 Å². The number of rotatable bonds is 2. The van der Waals surface area contributed by atoms with Crippen LogP contribution in [0.25, 0.3) is 5.65 Å². The zero-order chi connectivity index (χ0) is 12.4. The van der Waals surface area contributed by atoms with E-state index in [-0.39, 0.29) is 24.0 Å². The van der Waals surface area contributed by atoms with Crippen molar-refractivity contribution in [3.63, 3.8) is 0 Å². The maximum Gasteiger partial charge on any atom is 0.191 e. The van der Waals surface area contributed by atoms with E-state index >= 15 is 0 Å². The van der Waals surface area contributed by atoms with Gasteiger partial charge < -0.3 is 15.0 Å². The number of imidazole rings is 1. The van der Waals surface area contributed by atoms with Gasteiger partial charge >= 0.3 is 0 Å². The Kier molecular flexibility index (Phi) is 4.62. The summed E-state index contributed by atoms with van der Waals surface area (Å²) >= 11 is 0. The molecule has 5 nitrogen and oxygen atoms in total. The molecule has 0 aromatic carbocycles. The fourth-order valence-corrected chi connectivity index (χ4v) is 2.07. The van der Waals surface area contributed by atoms with Crippen LogP contribution in [0.5, 0.6) is 0 Å². The Balaban J connectivity index is 0.00000133. The topological polar surface area (TPSA) is 53.7 Å². The first-order valence-corrected chi connectivity index (χ1v) is 6.28. The summed E-state index contributed by atoms with van der Waals surface area (Å²) in [5, 5.41) is 6.51. The molecule has 0 amide bonds. The van der Waals surface area contributed by atoms with Gasteiger partial charge in [-0.1, -0.05) is 6.07 Å². The van der Waals surface area contributed by atoms with Gasteiger partial charge in [0.1, 0.15) is 5.65 Å². The molecule has 19 heavy (non-hydrogen) atoms. The summed E-state index contributed by atoms with van der Waals surface area (Å²) in [6, 6.07) is 4.11. The van der Waals surface area contributed by atoms with Gasteiger partial charge in [-0.05, 0) is 25.0 Å². The van der Waals surface area contributed by atoms with Crippen molar-refractivity contribution in [1.82, 2.24) is 20.0 Å². The number of nitrogens with one attached hydrogen (secondary N) is 2. The summed E-state index contributed by atoms with van der Waals surface area (Å²) in [6.45, 7) is 4.68. The molecule has 0 radical (unpaired) electrons. The van der Waals surface area contributed by atoms with Crippen LogP contribution in [0.15, 0.2) is 29.5 Å². The second-order valence-corrected chi connectivity index (χ2v) is 4.57. The first-order chi connectivity index (χ1) is 8.81. The van der Waals surface area contributed by atoms with Gasteiger partial charge in [0, 0.05) is 25.5 Å². The minimum Gasteiger partial charge on any atom is -0.356 e. The summed E-state index contributed by atoms with van der Waals surface area (Å²) in [6.07, 6.45) is 5.25. The molecule has 0 saturated carbocycles. The van der Waals surface area contributed by atoms with E-state index in [4.69, 9.17) is 0 Å². The molecule has 6 heteroatoms. The Morgan fingerprint density at radius 3 is 3.05 bits per heavy atom. The summed E-state index contributed by atoms with van der Waals surface area (Å²) in [4.78, 5) is 8.93. The molecular formula is C13H18IN5. The second kappa shape index (κ2) is 6.23. The van der Waals surface area contributed by atoms with Crippen LogP contribution in [0, 0.1) is 6.92 Å². The van der Waals surface area contributed by atoms with E-state index in [1.165, 1.54) is 5.56 Å². The minimum atomic E-state index is 0. The monoisotopic (exact) mass is 371 g/mol. The average molecular weight is 371 g/mol. The molecule has 3 heterocycles. The van der Waals surface area contributed by atoms with E-state index in [1.54, 1.807) is 0 Å². The molecule has 3 rings (SSSR count). The fourth-order valence-electron chi connectivity index (χ4n) is 2.07. The van der Waals surface area contributed by atoms with Gasteiger partial charge in [-0.3, -0.25) is 4.99 Å². The molecule has 0 spiro atoms. The Bertz CT molecular complexity index is 590. The Morgan fingerprint density at radius 1 is 1.37 bits per heavy atom. The summed E-state index contributed by atoms with van der Waals surface area (Å²) in [5.41, 5.74) is 3.24. The predicted molar refractivity (Wildman–Crippen MR) is 87.1 cm³/mol. The molecule has 2 aromatic heterocycles. The molecule has 1 aliphatic heterocycles. The van der Waals surface area contributed by atoms with Crippen molar-refractivity contribution in [2.75, 3.05) is 13.1 Å². The smallest absolute Gasteiger partial charge is 0.191 e. The zero-order valence-electron chi connectivity index (χ0n) is 10.9. The van der Waals surface area contributed by atoms with E-state index < -0.39 is 0 Å². The quantitative estimate of drug-likeness (QED) is 0.791. The van der Waals surface area contributed by atoms with Gasteiger partial charge in [0.25, 0.3) is 0 Å². The van der Waals surface area contributed by atoms with E-state index in [0.717, 1.165) is 36.8 Å². The SMILES string of the molecule is Cc1ccc2nc(CNC3=NCCCN3)cn2c1.I. The van der Waals surface area contributed by atoms with Gasteiger partial charge in [-0.15, -0.1) is 24.0 Å². The second-order valence-electron chi connectivity index (χ2n) is 4.57. The van der Waals surface area contributed by atoms with Gasteiger partial charge in [-0.2, -0.15) is 0 Å². The lowest BCUT2D eigenvalue weighted by Crippen LogP contribution is -2.40. The van der Waals surface area contributed by atoms with Crippen LogP contribution in [-0.2, 0) is 6.54 Å². The van der Waals surface area contributed by atoms with E-state index in [1.807, 2.05) is 6.07 Å². The van der Waals surface area contributed by atoms with Crippen LogP contribution in [0.3, 0.4) is 0 Å². The van der Waals surface area contributed by atoms with Crippen LogP contribution in [0.1, 0.15) is 17.7 Å². The van der Waals surface area contributed by atoms with Crippen molar-refractivity contribution in [2.45, 2.75) is 19.9 Å². The molecule has 102 valence electrons. The van der Waals surface area contributed by atoms with Crippen LogP contribution in [0.2, 0.25) is 0 Å². The third kappa shape index (κ3) is 3.37. The average Bonchev–Trinajstić information content (AvgIpc) is 2.79. The summed E-state index contributed by atoms with van der Waals surface area (Å²) in [5.74, 6) is 0.884. The molecule has 0 aliphatic carbocycles. The number of aromatic nitrogens is 2. The van der Waals surface area contributed by atoms with Gasteiger partial charge in [0.05, 0.1) is 12.2 Å². The molecule has 2 aromatic rings. The van der Waals surface area contributed by atoms with Crippen molar-refractivity contribution in [1.29, 1.82) is 0 Å². The van der Waals surface area contributed by atoms with Crippen molar-refractivity contribution < 1.29 is 0 Å². The number of aliphatic imine (C=N–C) groups is 1. The number of halogens is 1. The molecule has 0 atom stereocenters. The lowest BCUT2D eigenvalue weighted by atomic mass is 10.3. The Labute approximate surface area is 129 Å². The molecular weight excluding hydrogens is 353 g/mol. The normalized spacial score (nSPS) is 14.5.